The number of aliphatic hydroxyl groups is 1. The highest BCUT2D eigenvalue weighted by Gasteiger charge is 2.39. The van der Waals surface area contributed by atoms with Crippen molar-refractivity contribution in [3.8, 4) is 0 Å². The summed E-state index contributed by atoms with van der Waals surface area (Å²) in [5.41, 5.74) is -3.85. The van der Waals surface area contributed by atoms with Crippen LogP contribution in [0.2, 0.25) is 0 Å². The van der Waals surface area contributed by atoms with Crippen molar-refractivity contribution in [1.29, 1.82) is 0 Å². The molecule has 1 unspecified atom stereocenters. The molecule has 1 fully saturated rings. The Hall–Kier alpha value is -3.38. The van der Waals surface area contributed by atoms with E-state index >= 15 is 0 Å². The van der Waals surface area contributed by atoms with Crippen LogP contribution in [0, 0.1) is 0 Å². The molecule has 4 rings (SSSR count). The first-order chi connectivity index (χ1) is 16.2. The molecule has 1 amide bonds. The average molecular weight is 494 g/mol. The van der Waals surface area contributed by atoms with Gasteiger partial charge in [0.05, 0.1) is 23.0 Å². The smallest absolute Gasteiger partial charge is 0.386 e. The fraction of sp³-hybridized carbons (Fsp3) is 0.435. The van der Waals surface area contributed by atoms with Crippen LogP contribution in [-0.4, -0.2) is 48.5 Å². The molecule has 0 aliphatic carbocycles. The van der Waals surface area contributed by atoms with Crippen LogP contribution in [0.1, 0.15) is 48.4 Å². The molecule has 0 bridgehead atoms. The van der Waals surface area contributed by atoms with Crippen LogP contribution < -0.4 is 11.2 Å². The quantitative estimate of drug-likeness (QED) is 0.600. The lowest BCUT2D eigenvalue weighted by atomic mass is 10.1. The highest BCUT2D eigenvalue weighted by molar-refractivity contribution is 6.05. The number of aromatic nitrogens is 3. The Morgan fingerprint density at radius 3 is 2.46 bits per heavy atom. The first-order valence-electron chi connectivity index (χ1n) is 10.9. The Morgan fingerprint density at radius 2 is 1.89 bits per heavy atom. The van der Waals surface area contributed by atoms with Crippen molar-refractivity contribution in [2.24, 2.45) is 7.05 Å². The van der Waals surface area contributed by atoms with Crippen LogP contribution >= 0.6 is 0 Å². The molecule has 2 aromatic heterocycles. The second kappa shape index (κ2) is 8.38. The van der Waals surface area contributed by atoms with Gasteiger partial charge in [0.2, 0.25) is 0 Å². The van der Waals surface area contributed by atoms with Crippen LogP contribution in [0.4, 0.5) is 13.2 Å². The zero-order chi connectivity index (χ0) is 25.9. The van der Waals surface area contributed by atoms with Crippen molar-refractivity contribution in [3.05, 3.63) is 68.1 Å². The van der Waals surface area contributed by atoms with Crippen molar-refractivity contribution in [3.63, 3.8) is 0 Å². The van der Waals surface area contributed by atoms with Crippen LogP contribution in [0.3, 0.4) is 0 Å². The fourth-order valence-electron chi connectivity index (χ4n) is 4.29. The summed E-state index contributed by atoms with van der Waals surface area (Å²) in [6, 6.07) is 4.51. The summed E-state index contributed by atoms with van der Waals surface area (Å²) in [4.78, 5) is 44.9. The highest BCUT2D eigenvalue weighted by atomic mass is 19.4. The van der Waals surface area contributed by atoms with Gasteiger partial charge in [-0.05, 0) is 32.4 Å². The number of hydroxylamine groups is 2. The number of hydrogen-bond donors (Lipinski definition) is 1. The molecule has 35 heavy (non-hydrogen) atoms. The largest absolute Gasteiger partial charge is 0.416 e. The van der Waals surface area contributed by atoms with E-state index in [1.807, 2.05) is 0 Å². The Balaban J connectivity index is 2.01. The number of carbonyl (C=O) groups excluding carboxylic acids is 1. The van der Waals surface area contributed by atoms with Gasteiger partial charge in [-0.1, -0.05) is 18.2 Å². The molecular formula is C23H25F3N4O5. The molecule has 1 saturated heterocycles. The average Bonchev–Trinajstić information content (AvgIpc) is 3.31. The Bertz CT molecular complexity index is 1430. The van der Waals surface area contributed by atoms with Gasteiger partial charge in [-0.3, -0.25) is 23.6 Å². The van der Waals surface area contributed by atoms with Gasteiger partial charge < -0.3 is 9.67 Å². The van der Waals surface area contributed by atoms with E-state index in [4.69, 9.17) is 4.84 Å². The second-order valence-corrected chi connectivity index (χ2v) is 9.24. The van der Waals surface area contributed by atoms with Crippen molar-refractivity contribution >= 4 is 16.8 Å². The summed E-state index contributed by atoms with van der Waals surface area (Å²) >= 11 is 0. The van der Waals surface area contributed by atoms with E-state index in [9.17, 15) is 32.7 Å². The maximum atomic E-state index is 13.7. The van der Waals surface area contributed by atoms with Gasteiger partial charge >= 0.3 is 11.9 Å². The topological polar surface area (TPSA) is 98.7 Å². The van der Waals surface area contributed by atoms with Gasteiger partial charge in [-0.25, -0.2) is 9.86 Å². The van der Waals surface area contributed by atoms with Crippen LogP contribution in [-0.2, 0) is 24.6 Å². The van der Waals surface area contributed by atoms with Gasteiger partial charge in [-0.15, -0.1) is 0 Å². The zero-order valence-corrected chi connectivity index (χ0v) is 19.6. The standard InChI is InChI=1S/C23H25F3N4O5/c1-13(2)30-16-10-28(9-14-7-5-6-8-15(14)23(24,25)26)18(17(16)19(31)27(4)21(30)33)20(32)29-11-22(3,34)12-35-29/h5-8,10,13,34H,9,11-12H2,1-4H3. The van der Waals surface area contributed by atoms with Crippen LogP contribution in [0.15, 0.2) is 40.1 Å². The number of fused-ring (bicyclic) bond motifs is 1. The monoisotopic (exact) mass is 494 g/mol. The molecule has 3 aromatic rings. The third kappa shape index (κ3) is 4.27. The number of β-amino-alcohol motifs (C(OH)–C–C–N with tert-alkyl or cyclic N) is 1. The number of alkyl halides is 3. The minimum Gasteiger partial charge on any atom is -0.386 e. The number of halogens is 3. The van der Waals surface area contributed by atoms with Crippen molar-refractivity contribution in [2.75, 3.05) is 13.2 Å². The first kappa shape index (κ1) is 24.7. The lowest BCUT2D eigenvalue weighted by Crippen LogP contribution is -2.40. The number of benzene rings is 1. The van der Waals surface area contributed by atoms with E-state index in [0.717, 1.165) is 15.7 Å². The summed E-state index contributed by atoms with van der Waals surface area (Å²) in [6.07, 6.45) is -3.30. The second-order valence-electron chi connectivity index (χ2n) is 9.24. The molecule has 1 aliphatic heterocycles. The van der Waals surface area contributed by atoms with Crippen LogP contribution in [0.5, 0.6) is 0 Å². The molecule has 1 atom stereocenters. The normalized spacial score (nSPS) is 18.7. The van der Waals surface area contributed by atoms with E-state index < -0.39 is 47.1 Å². The lowest BCUT2D eigenvalue weighted by Gasteiger charge is -2.19. The predicted octanol–water partition coefficient (Wildman–Crippen LogP) is 2.29. The highest BCUT2D eigenvalue weighted by Crippen LogP contribution is 2.33. The SMILES string of the molecule is CC(C)n1c(=O)n(C)c(=O)c2c(C(=O)N3CC(C)(O)CO3)n(Cc3ccccc3C(F)(F)F)cc21. The third-order valence-electron chi connectivity index (χ3n) is 5.95. The molecular weight excluding hydrogens is 469 g/mol. The van der Waals surface area contributed by atoms with Gasteiger partial charge in [0.1, 0.15) is 17.9 Å². The molecule has 1 N–H and O–H groups in total. The molecule has 0 spiro atoms. The van der Waals surface area contributed by atoms with Gasteiger partial charge in [0.15, 0.2) is 0 Å². The van der Waals surface area contributed by atoms with E-state index in [1.54, 1.807) is 13.8 Å². The van der Waals surface area contributed by atoms with Gasteiger partial charge in [0, 0.05) is 25.8 Å². The van der Waals surface area contributed by atoms with Crippen molar-refractivity contribution < 1.29 is 27.9 Å². The molecule has 12 heteroatoms. The molecule has 1 aromatic carbocycles. The minimum atomic E-state index is -4.64. The van der Waals surface area contributed by atoms with E-state index in [1.165, 1.54) is 47.5 Å². The Morgan fingerprint density at radius 1 is 1.23 bits per heavy atom. The predicted molar refractivity (Wildman–Crippen MR) is 120 cm³/mol. The number of amides is 1. The van der Waals surface area contributed by atoms with E-state index in [2.05, 4.69) is 0 Å². The third-order valence-corrected chi connectivity index (χ3v) is 5.95. The number of nitrogens with zero attached hydrogens (tertiary/aromatic N) is 4. The summed E-state index contributed by atoms with van der Waals surface area (Å²) < 4.78 is 44.4. The van der Waals surface area contributed by atoms with Crippen LogP contribution in [0.25, 0.3) is 10.9 Å². The molecule has 0 radical (unpaired) electrons. The molecule has 9 nitrogen and oxygen atoms in total. The molecule has 188 valence electrons. The summed E-state index contributed by atoms with van der Waals surface area (Å²) in [6.45, 7) is 4.11. The number of hydrogen-bond acceptors (Lipinski definition) is 5. The Labute approximate surface area is 197 Å². The number of carbonyl (C=O) groups is 1. The van der Waals surface area contributed by atoms with Crippen molar-refractivity contribution in [1.82, 2.24) is 18.8 Å². The molecule has 3 heterocycles. The zero-order valence-electron chi connectivity index (χ0n) is 19.6. The molecule has 1 aliphatic rings. The summed E-state index contributed by atoms with van der Waals surface area (Å²) in [7, 11) is 1.27. The maximum Gasteiger partial charge on any atom is 0.416 e. The lowest BCUT2D eigenvalue weighted by molar-refractivity contribution is -0.138. The maximum absolute atomic E-state index is 13.7. The van der Waals surface area contributed by atoms with E-state index in [0.29, 0.717) is 0 Å². The summed E-state index contributed by atoms with van der Waals surface area (Å²) in [5, 5.41) is 11.0. The Kier molecular flexibility index (Phi) is 5.92. The fourth-order valence-corrected chi connectivity index (χ4v) is 4.29. The van der Waals surface area contributed by atoms with Gasteiger partial charge in [0.25, 0.3) is 11.5 Å². The van der Waals surface area contributed by atoms with Crippen molar-refractivity contribution in [2.45, 2.75) is 45.1 Å². The number of rotatable bonds is 4. The summed E-state index contributed by atoms with van der Waals surface area (Å²) in [5.74, 6) is -0.812. The minimum absolute atomic E-state index is 0.117. The first-order valence-corrected chi connectivity index (χ1v) is 10.9. The molecule has 0 saturated carbocycles. The van der Waals surface area contributed by atoms with Gasteiger partial charge in [-0.2, -0.15) is 13.2 Å². The van der Waals surface area contributed by atoms with E-state index in [-0.39, 0.29) is 35.3 Å².